The van der Waals surface area contributed by atoms with Crippen molar-refractivity contribution in [1.29, 1.82) is 0 Å². The molecule has 2 fully saturated rings. The summed E-state index contributed by atoms with van der Waals surface area (Å²) in [5, 5.41) is 6.27. The van der Waals surface area contributed by atoms with E-state index in [4.69, 9.17) is 0 Å². The van der Waals surface area contributed by atoms with Crippen LogP contribution in [0.2, 0.25) is 0 Å². The molecular formula is C13H25N3O3S. The van der Waals surface area contributed by atoms with Crippen molar-refractivity contribution in [3.63, 3.8) is 0 Å². The van der Waals surface area contributed by atoms with Crippen molar-refractivity contribution in [1.82, 2.24) is 14.9 Å². The van der Waals surface area contributed by atoms with Gasteiger partial charge in [0.05, 0.1) is 5.75 Å². The molecule has 20 heavy (non-hydrogen) atoms. The summed E-state index contributed by atoms with van der Waals surface area (Å²) >= 11 is 0. The molecule has 6 nitrogen and oxygen atoms in total. The van der Waals surface area contributed by atoms with Crippen LogP contribution in [0, 0.1) is 5.41 Å². The number of nitrogens with zero attached hydrogens (tertiary/aromatic N) is 1. The number of hydrogen-bond acceptors (Lipinski definition) is 4. The molecule has 2 saturated heterocycles. The van der Waals surface area contributed by atoms with E-state index in [-0.39, 0.29) is 23.5 Å². The van der Waals surface area contributed by atoms with Gasteiger partial charge in [0, 0.05) is 26.1 Å². The van der Waals surface area contributed by atoms with Crippen LogP contribution >= 0.6 is 0 Å². The Labute approximate surface area is 121 Å². The molecule has 116 valence electrons. The number of nitrogens with one attached hydrogen (secondary N) is 2. The first kappa shape index (κ1) is 15.7. The lowest BCUT2D eigenvalue weighted by Gasteiger charge is -2.34. The third-order valence-electron chi connectivity index (χ3n) is 4.31. The minimum absolute atomic E-state index is 0.0492. The molecule has 0 aromatic heterocycles. The summed E-state index contributed by atoms with van der Waals surface area (Å²) in [7, 11) is -3.09. The second kappa shape index (κ2) is 6.41. The number of hydrogen-bond donors (Lipinski definition) is 2. The number of rotatable bonds is 5. The van der Waals surface area contributed by atoms with Crippen molar-refractivity contribution in [3.05, 3.63) is 0 Å². The van der Waals surface area contributed by atoms with E-state index in [1.165, 1.54) is 4.31 Å². The van der Waals surface area contributed by atoms with Gasteiger partial charge in [-0.15, -0.1) is 0 Å². The average molecular weight is 303 g/mol. The fourth-order valence-electron chi connectivity index (χ4n) is 2.78. The number of carbonyl (C=O) groups is 1. The molecule has 0 bridgehead atoms. The van der Waals surface area contributed by atoms with Gasteiger partial charge in [0.15, 0.2) is 0 Å². The molecule has 0 unspecified atom stereocenters. The zero-order valence-electron chi connectivity index (χ0n) is 12.2. The van der Waals surface area contributed by atoms with Gasteiger partial charge in [0.2, 0.25) is 15.9 Å². The number of amides is 1. The van der Waals surface area contributed by atoms with Crippen LogP contribution in [0.3, 0.4) is 0 Å². The second-order valence-corrected chi connectivity index (χ2v) is 8.24. The highest BCUT2D eigenvalue weighted by molar-refractivity contribution is 7.89. The minimum Gasteiger partial charge on any atom is -0.356 e. The quantitative estimate of drug-likeness (QED) is 0.744. The number of sulfonamides is 1. The van der Waals surface area contributed by atoms with E-state index in [0.717, 1.165) is 25.9 Å². The molecule has 0 aromatic rings. The second-order valence-electron chi connectivity index (χ2n) is 6.16. The summed E-state index contributed by atoms with van der Waals surface area (Å²) < 4.78 is 24.7. The molecule has 0 spiro atoms. The predicted octanol–water partition coefficient (Wildman–Crippen LogP) is -0.0821. The summed E-state index contributed by atoms with van der Waals surface area (Å²) in [5.41, 5.74) is 0.167. The molecule has 0 aliphatic carbocycles. The first-order valence-corrected chi connectivity index (χ1v) is 8.98. The Balaban J connectivity index is 1.70. The molecule has 0 saturated carbocycles. The van der Waals surface area contributed by atoms with Gasteiger partial charge in [0.1, 0.15) is 0 Å². The molecule has 2 N–H and O–H groups in total. The van der Waals surface area contributed by atoms with Crippen molar-refractivity contribution < 1.29 is 13.2 Å². The van der Waals surface area contributed by atoms with Crippen LogP contribution in [-0.2, 0) is 14.8 Å². The fraction of sp³-hybridized carbons (Fsp3) is 0.923. The van der Waals surface area contributed by atoms with Crippen LogP contribution < -0.4 is 10.6 Å². The standard InChI is InChI=1S/C13H25N3O3S/c1-13(4-6-14-7-5-13)11-15-12(17)3-9-16-8-2-10-20(16,18)19/h14H,2-11H2,1H3,(H,15,17). The molecule has 0 atom stereocenters. The van der Waals surface area contributed by atoms with Crippen molar-refractivity contribution >= 4 is 15.9 Å². The van der Waals surface area contributed by atoms with E-state index in [1.54, 1.807) is 0 Å². The van der Waals surface area contributed by atoms with Crippen LogP contribution in [0.15, 0.2) is 0 Å². The highest BCUT2D eigenvalue weighted by Crippen LogP contribution is 2.26. The van der Waals surface area contributed by atoms with Crippen molar-refractivity contribution in [2.45, 2.75) is 32.6 Å². The smallest absolute Gasteiger partial charge is 0.221 e. The van der Waals surface area contributed by atoms with Gasteiger partial charge in [-0.1, -0.05) is 6.92 Å². The Kier molecular flexibility index (Phi) is 5.04. The van der Waals surface area contributed by atoms with Gasteiger partial charge in [0.25, 0.3) is 0 Å². The average Bonchev–Trinajstić information content (AvgIpc) is 2.74. The van der Waals surface area contributed by atoms with E-state index in [1.807, 2.05) is 0 Å². The Morgan fingerprint density at radius 1 is 1.35 bits per heavy atom. The molecule has 2 rings (SSSR count). The van der Waals surface area contributed by atoms with E-state index < -0.39 is 10.0 Å². The summed E-state index contributed by atoms with van der Waals surface area (Å²) in [6.45, 7) is 5.74. The normalized spacial score (nSPS) is 25.4. The van der Waals surface area contributed by atoms with Gasteiger partial charge in [-0.25, -0.2) is 12.7 Å². The summed E-state index contributed by atoms with van der Waals surface area (Å²) in [6, 6.07) is 0. The summed E-state index contributed by atoms with van der Waals surface area (Å²) in [6.07, 6.45) is 3.06. The van der Waals surface area contributed by atoms with Gasteiger partial charge < -0.3 is 10.6 Å². The first-order chi connectivity index (χ1) is 9.41. The summed E-state index contributed by atoms with van der Waals surface area (Å²) in [5.74, 6) is 0.173. The molecule has 0 aromatic carbocycles. The van der Waals surface area contributed by atoms with E-state index in [9.17, 15) is 13.2 Å². The Hall–Kier alpha value is -0.660. The molecule has 2 aliphatic rings. The van der Waals surface area contributed by atoms with Crippen LogP contribution in [0.1, 0.15) is 32.6 Å². The predicted molar refractivity (Wildman–Crippen MR) is 77.8 cm³/mol. The third-order valence-corrected chi connectivity index (χ3v) is 6.27. The Morgan fingerprint density at radius 2 is 2.05 bits per heavy atom. The number of carbonyl (C=O) groups excluding carboxylic acids is 1. The van der Waals surface area contributed by atoms with Crippen LogP contribution in [0.5, 0.6) is 0 Å². The molecule has 1 amide bonds. The minimum atomic E-state index is -3.09. The Bertz CT molecular complexity index is 444. The Morgan fingerprint density at radius 3 is 2.65 bits per heavy atom. The molecule has 7 heteroatoms. The van der Waals surface area contributed by atoms with E-state index in [2.05, 4.69) is 17.6 Å². The van der Waals surface area contributed by atoms with E-state index in [0.29, 0.717) is 26.1 Å². The van der Waals surface area contributed by atoms with Gasteiger partial charge >= 0.3 is 0 Å². The lowest BCUT2D eigenvalue weighted by atomic mass is 9.81. The van der Waals surface area contributed by atoms with Crippen molar-refractivity contribution in [3.8, 4) is 0 Å². The SMILES string of the molecule is CC1(CNC(=O)CCN2CCCS2(=O)=O)CCNCC1. The van der Waals surface area contributed by atoms with E-state index >= 15 is 0 Å². The van der Waals surface area contributed by atoms with Crippen molar-refractivity contribution in [2.75, 3.05) is 38.5 Å². The highest BCUT2D eigenvalue weighted by Gasteiger charge is 2.29. The highest BCUT2D eigenvalue weighted by atomic mass is 32.2. The maximum Gasteiger partial charge on any atom is 0.221 e. The maximum absolute atomic E-state index is 11.8. The van der Waals surface area contributed by atoms with Crippen LogP contribution in [0.4, 0.5) is 0 Å². The lowest BCUT2D eigenvalue weighted by molar-refractivity contribution is -0.121. The van der Waals surface area contributed by atoms with Gasteiger partial charge in [-0.2, -0.15) is 0 Å². The van der Waals surface area contributed by atoms with Gasteiger partial charge in [-0.3, -0.25) is 4.79 Å². The zero-order chi connectivity index (χ0) is 14.6. The zero-order valence-corrected chi connectivity index (χ0v) is 13.0. The topological polar surface area (TPSA) is 78.5 Å². The van der Waals surface area contributed by atoms with Crippen LogP contribution in [0.25, 0.3) is 0 Å². The maximum atomic E-state index is 11.8. The molecular weight excluding hydrogens is 278 g/mol. The van der Waals surface area contributed by atoms with Crippen molar-refractivity contribution in [2.24, 2.45) is 5.41 Å². The lowest BCUT2D eigenvalue weighted by Crippen LogP contribution is -2.43. The molecule has 2 heterocycles. The number of piperidine rings is 1. The third kappa shape index (κ3) is 4.17. The monoisotopic (exact) mass is 303 g/mol. The largest absolute Gasteiger partial charge is 0.356 e. The fourth-order valence-corrected chi connectivity index (χ4v) is 4.30. The summed E-state index contributed by atoms with van der Waals surface area (Å²) in [4.78, 5) is 11.8. The van der Waals surface area contributed by atoms with Crippen LogP contribution in [-0.4, -0.2) is 57.1 Å². The first-order valence-electron chi connectivity index (χ1n) is 7.37. The van der Waals surface area contributed by atoms with Gasteiger partial charge in [-0.05, 0) is 37.8 Å². The molecule has 0 radical (unpaired) electrons. The molecule has 2 aliphatic heterocycles.